The number of carbonyl (C=O) groups excluding carboxylic acids is 3. The Balaban J connectivity index is 1.45. The van der Waals surface area contributed by atoms with Crippen molar-refractivity contribution in [2.75, 3.05) is 5.32 Å². The van der Waals surface area contributed by atoms with Crippen LogP contribution in [-0.4, -0.2) is 39.9 Å². The maximum Gasteiger partial charge on any atom is 0.556 e. The first kappa shape index (κ1) is 26.5. The van der Waals surface area contributed by atoms with E-state index in [4.69, 9.17) is 0 Å². The highest BCUT2D eigenvalue weighted by atomic mass is 32.1. The Kier molecular flexibility index (Phi) is 6.80. The Morgan fingerprint density at radius 1 is 0.925 bits per heavy atom. The van der Waals surface area contributed by atoms with Crippen LogP contribution in [0.2, 0.25) is 0 Å². The van der Waals surface area contributed by atoms with Crippen LogP contribution in [0.25, 0.3) is 0 Å². The molecule has 5 amide bonds. The fourth-order valence-corrected chi connectivity index (χ4v) is 5.31. The number of amidine groups is 1. The summed E-state index contributed by atoms with van der Waals surface area (Å²) in [7, 11) is 0. The number of quaternary nitrogens is 1. The number of nitrogens with zero attached hydrogens (tertiary/aromatic N) is 2. The Morgan fingerprint density at radius 2 is 1.65 bits per heavy atom. The molecule has 2 aromatic carbocycles. The van der Waals surface area contributed by atoms with E-state index in [9.17, 15) is 24.3 Å². The van der Waals surface area contributed by atoms with Crippen LogP contribution in [-0.2, 0) is 5.54 Å². The van der Waals surface area contributed by atoms with Crippen molar-refractivity contribution in [1.82, 2.24) is 20.2 Å². The number of carboxylic acid groups (broad SMARTS) is 1. The minimum atomic E-state index is -1.53. The monoisotopic (exact) mass is 557 g/mol. The van der Waals surface area contributed by atoms with Crippen molar-refractivity contribution in [2.45, 2.75) is 19.4 Å². The number of carbonyl (C=O) groups is 4. The topological polar surface area (TPSA) is 153 Å². The number of anilines is 1. The van der Waals surface area contributed by atoms with Gasteiger partial charge in [-0.25, -0.2) is 4.79 Å². The van der Waals surface area contributed by atoms with Gasteiger partial charge in [0, 0.05) is 17.0 Å². The van der Waals surface area contributed by atoms with Crippen LogP contribution in [0.4, 0.5) is 20.3 Å². The van der Waals surface area contributed by atoms with E-state index < -0.39 is 34.1 Å². The number of nitrogens with one attached hydrogen (secondary N) is 4. The molecule has 3 heterocycles. The summed E-state index contributed by atoms with van der Waals surface area (Å²) >= 11 is 1.04. The van der Waals surface area contributed by atoms with Crippen molar-refractivity contribution in [3.8, 4) is 0 Å². The molecule has 40 heavy (non-hydrogen) atoms. The van der Waals surface area contributed by atoms with Crippen molar-refractivity contribution in [3.63, 3.8) is 0 Å². The number of urea groups is 1. The fourth-order valence-electron chi connectivity index (χ4n) is 4.33. The zero-order valence-corrected chi connectivity index (χ0v) is 22.3. The zero-order chi connectivity index (χ0) is 28.5. The van der Waals surface area contributed by atoms with Crippen molar-refractivity contribution >= 4 is 51.8 Å². The summed E-state index contributed by atoms with van der Waals surface area (Å²) in [6, 6.07) is 17.8. The SMILES string of the molecule is CC(C)(NC(=O)[N+]1(C(=O)O)N=C(NC(=O)c2ccccc2NC(=O)c2cc[nH]c2)c2ccsc21)c1ccccc1. The third-order valence-corrected chi connectivity index (χ3v) is 7.42. The van der Waals surface area contributed by atoms with Crippen molar-refractivity contribution in [3.05, 3.63) is 107 Å². The number of imide groups is 1. The quantitative estimate of drug-likeness (QED) is 0.217. The van der Waals surface area contributed by atoms with E-state index in [1.54, 1.807) is 55.8 Å². The zero-order valence-electron chi connectivity index (χ0n) is 21.5. The number of hydrogen-bond acceptors (Lipinski definition) is 6. The predicted octanol–water partition coefficient (Wildman–Crippen LogP) is 5.06. The van der Waals surface area contributed by atoms with Gasteiger partial charge in [0.15, 0.2) is 0 Å². The van der Waals surface area contributed by atoms with Gasteiger partial charge in [0.05, 0.1) is 27.9 Å². The number of H-pyrrole nitrogens is 1. The highest BCUT2D eigenvalue weighted by molar-refractivity contribution is 7.14. The van der Waals surface area contributed by atoms with E-state index in [0.717, 1.165) is 16.9 Å². The van der Waals surface area contributed by atoms with Gasteiger partial charge in [-0.15, -0.1) is 0 Å². The van der Waals surface area contributed by atoms with E-state index >= 15 is 0 Å². The molecule has 5 rings (SSSR count). The number of rotatable bonds is 5. The average Bonchev–Trinajstić information content (AvgIpc) is 3.69. The van der Waals surface area contributed by atoms with E-state index in [1.807, 2.05) is 30.3 Å². The molecule has 1 aliphatic rings. The van der Waals surface area contributed by atoms with Crippen molar-refractivity contribution in [2.24, 2.45) is 5.10 Å². The van der Waals surface area contributed by atoms with Crippen LogP contribution in [0.3, 0.4) is 0 Å². The summed E-state index contributed by atoms with van der Waals surface area (Å²) in [5.41, 5.74) is 0.911. The fraction of sp³-hybridized carbons (Fsp3) is 0.107. The summed E-state index contributed by atoms with van der Waals surface area (Å²) < 4.78 is -1.41. The number of benzene rings is 2. The molecule has 5 N–H and O–H groups in total. The Labute approximate surface area is 232 Å². The molecule has 0 saturated carbocycles. The standard InChI is InChI=1S/C28H24N6O5S/c1-28(2,18-8-4-3-5-9-18)32-26(37)34(27(38)39)25-20(13-15-40-25)22(33-34)31-24(36)19-10-6-7-11-21(19)30-23(35)17-12-14-29-16-17/h3-16H,1-2H3,(H4-,29,30,31,32,33,35,36,37,38,39)/p+1. The number of hydrogen-bond donors (Lipinski definition) is 5. The molecule has 0 radical (unpaired) electrons. The van der Waals surface area contributed by atoms with E-state index in [-0.39, 0.29) is 22.1 Å². The molecule has 0 spiro atoms. The lowest BCUT2D eigenvalue weighted by atomic mass is 9.94. The van der Waals surface area contributed by atoms with Crippen LogP contribution >= 0.6 is 11.3 Å². The lowest BCUT2D eigenvalue weighted by molar-refractivity contribution is 0.0976. The molecule has 1 unspecified atom stereocenters. The molecule has 1 atom stereocenters. The van der Waals surface area contributed by atoms with Crippen molar-refractivity contribution in [1.29, 1.82) is 0 Å². The first-order chi connectivity index (χ1) is 19.1. The van der Waals surface area contributed by atoms with Gasteiger partial charge in [-0.3, -0.25) is 14.9 Å². The van der Waals surface area contributed by atoms with Gasteiger partial charge in [-0.05, 0) is 54.2 Å². The molecular weight excluding hydrogens is 532 g/mol. The molecule has 11 nitrogen and oxygen atoms in total. The third-order valence-electron chi connectivity index (χ3n) is 6.44. The molecule has 0 fully saturated rings. The van der Waals surface area contributed by atoms with Gasteiger partial charge in [0.1, 0.15) is 0 Å². The van der Waals surface area contributed by atoms with Crippen LogP contribution in [0.15, 0.2) is 89.6 Å². The number of thiophene rings is 1. The second-order valence-corrected chi connectivity index (χ2v) is 10.4. The summed E-state index contributed by atoms with van der Waals surface area (Å²) in [5.74, 6) is -1.14. The maximum absolute atomic E-state index is 13.7. The molecule has 1 aliphatic heterocycles. The molecule has 2 aromatic heterocycles. The molecule has 0 aliphatic carbocycles. The third kappa shape index (κ3) is 4.65. The summed E-state index contributed by atoms with van der Waals surface area (Å²) in [6.45, 7) is 3.52. The molecule has 12 heteroatoms. The second-order valence-electron chi connectivity index (χ2n) is 9.48. The number of amides is 5. The summed E-state index contributed by atoms with van der Waals surface area (Å²) in [6.07, 6.45) is 1.60. The minimum Gasteiger partial charge on any atom is -0.433 e. The maximum atomic E-state index is 13.7. The van der Waals surface area contributed by atoms with Gasteiger partial charge in [0.2, 0.25) is 10.8 Å². The largest absolute Gasteiger partial charge is 0.556 e. The Hall–Kier alpha value is -5.07. The van der Waals surface area contributed by atoms with Crippen molar-refractivity contribution < 1.29 is 24.3 Å². The second kappa shape index (κ2) is 10.2. The molecule has 0 saturated heterocycles. The predicted molar refractivity (Wildman–Crippen MR) is 151 cm³/mol. The first-order valence-electron chi connectivity index (χ1n) is 12.2. The van der Waals surface area contributed by atoms with E-state index in [2.05, 4.69) is 26.0 Å². The van der Waals surface area contributed by atoms with Gasteiger partial charge in [-0.2, -0.15) is 4.79 Å². The first-order valence-corrected chi connectivity index (χ1v) is 13.1. The van der Waals surface area contributed by atoms with Crippen LogP contribution < -0.4 is 20.5 Å². The molecule has 4 aromatic rings. The number of para-hydroxylation sites is 1. The lowest BCUT2D eigenvalue weighted by Gasteiger charge is -2.28. The number of aromatic amines is 1. The smallest absolute Gasteiger partial charge is 0.433 e. The minimum absolute atomic E-state index is 0.0805. The summed E-state index contributed by atoms with van der Waals surface area (Å²) in [5, 5.41) is 24.5. The van der Waals surface area contributed by atoms with Gasteiger partial charge in [0.25, 0.3) is 11.8 Å². The summed E-state index contributed by atoms with van der Waals surface area (Å²) in [4.78, 5) is 55.1. The molecule has 202 valence electrons. The van der Waals surface area contributed by atoms with E-state index in [1.165, 1.54) is 12.3 Å². The van der Waals surface area contributed by atoms with Crippen LogP contribution in [0, 0.1) is 0 Å². The molecule has 0 bridgehead atoms. The van der Waals surface area contributed by atoms with Crippen LogP contribution in [0.5, 0.6) is 0 Å². The Morgan fingerprint density at radius 3 is 2.35 bits per heavy atom. The average molecular weight is 558 g/mol. The van der Waals surface area contributed by atoms with Gasteiger partial charge >= 0.3 is 12.1 Å². The highest BCUT2D eigenvalue weighted by Gasteiger charge is 2.58. The highest BCUT2D eigenvalue weighted by Crippen LogP contribution is 2.40. The van der Waals surface area contributed by atoms with Crippen LogP contribution in [0.1, 0.15) is 45.7 Å². The number of aromatic nitrogens is 1. The normalized spacial score (nSPS) is 16.0. The molecular formula is C28H25N6O5S+. The van der Waals surface area contributed by atoms with E-state index in [0.29, 0.717) is 11.1 Å². The Bertz CT molecular complexity index is 1640. The van der Waals surface area contributed by atoms with Gasteiger partial charge in [-0.1, -0.05) is 53.8 Å². The van der Waals surface area contributed by atoms with Gasteiger partial charge < -0.3 is 20.7 Å². The number of fused-ring (bicyclic) bond motifs is 1. The lowest BCUT2D eigenvalue weighted by Crippen LogP contribution is -2.60.